The molecule has 1 saturated heterocycles. The van der Waals surface area contributed by atoms with Gasteiger partial charge in [-0.15, -0.1) is 11.3 Å². The van der Waals surface area contributed by atoms with Crippen molar-refractivity contribution in [1.29, 1.82) is 0 Å². The number of amides is 1. The Labute approximate surface area is 175 Å². The van der Waals surface area contributed by atoms with Crippen LogP contribution in [0.15, 0.2) is 46.7 Å². The van der Waals surface area contributed by atoms with Crippen LogP contribution in [0.1, 0.15) is 19.3 Å². The number of sulfonamides is 1. The lowest BCUT2D eigenvalue weighted by molar-refractivity contribution is -0.124. The number of carbonyl (C=O) groups is 1. The molecule has 0 radical (unpaired) electrons. The number of carbonyl (C=O) groups excluding carboxylic acids is 1. The summed E-state index contributed by atoms with van der Waals surface area (Å²) in [7, 11) is -1.69. The molecule has 1 aliphatic heterocycles. The molecular weight excluding hydrogens is 418 g/mol. The third-order valence-electron chi connectivity index (χ3n) is 4.78. The van der Waals surface area contributed by atoms with E-state index in [-0.39, 0.29) is 10.1 Å². The summed E-state index contributed by atoms with van der Waals surface area (Å²) in [5.74, 6) is -0.230. The van der Waals surface area contributed by atoms with E-state index in [1.807, 2.05) is 37.4 Å². The molecular formula is C19H24ClN3O3S2. The quantitative estimate of drug-likeness (QED) is 0.638. The van der Waals surface area contributed by atoms with Crippen LogP contribution in [0, 0.1) is 0 Å². The smallest absolute Gasteiger partial charge is 0.253 e. The maximum atomic E-state index is 12.8. The zero-order chi connectivity index (χ0) is 20.1. The second kappa shape index (κ2) is 9.26. The van der Waals surface area contributed by atoms with Gasteiger partial charge in [-0.2, -0.15) is 4.31 Å². The Hall–Kier alpha value is -1.61. The number of anilines is 1. The van der Waals surface area contributed by atoms with Gasteiger partial charge in [0.05, 0.1) is 4.34 Å². The Morgan fingerprint density at radius 2 is 2.04 bits per heavy atom. The molecule has 1 fully saturated rings. The van der Waals surface area contributed by atoms with Gasteiger partial charge in [0.25, 0.3) is 10.0 Å². The van der Waals surface area contributed by atoms with Gasteiger partial charge in [-0.1, -0.05) is 29.8 Å². The summed E-state index contributed by atoms with van der Waals surface area (Å²) < 4.78 is 27.6. The van der Waals surface area contributed by atoms with Crippen LogP contribution in [-0.4, -0.2) is 51.4 Å². The largest absolute Gasteiger partial charge is 0.375 e. The van der Waals surface area contributed by atoms with Gasteiger partial charge in [-0.25, -0.2) is 8.42 Å². The van der Waals surface area contributed by atoms with Crippen LogP contribution in [0.4, 0.5) is 5.69 Å². The minimum Gasteiger partial charge on any atom is -0.375 e. The lowest BCUT2D eigenvalue weighted by Crippen LogP contribution is -2.46. The Kier molecular flexibility index (Phi) is 6.98. The molecule has 6 nitrogen and oxygen atoms in total. The van der Waals surface area contributed by atoms with Crippen molar-refractivity contribution in [2.75, 3.05) is 31.6 Å². The molecule has 0 saturated carbocycles. The van der Waals surface area contributed by atoms with Crippen molar-refractivity contribution in [3.8, 4) is 0 Å². The first-order valence-corrected chi connectivity index (χ1v) is 11.8. The second-order valence-corrected chi connectivity index (χ2v) is 10.6. The number of rotatable bonds is 8. The van der Waals surface area contributed by atoms with Gasteiger partial charge in [0.15, 0.2) is 0 Å². The molecule has 152 valence electrons. The van der Waals surface area contributed by atoms with E-state index in [0.29, 0.717) is 30.3 Å². The van der Waals surface area contributed by atoms with E-state index in [9.17, 15) is 13.2 Å². The molecule has 1 aromatic heterocycles. The van der Waals surface area contributed by atoms with Crippen molar-refractivity contribution < 1.29 is 13.2 Å². The van der Waals surface area contributed by atoms with Gasteiger partial charge in [0.1, 0.15) is 10.3 Å². The Morgan fingerprint density at radius 3 is 2.71 bits per heavy atom. The number of para-hydroxylation sites is 1. The molecule has 2 heterocycles. The van der Waals surface area contributed by atoms with E-state index >= 15 is 0 Å². The highest BCUT2D eigenvalue weighted by Crippen LogP contribution is 2.32. The zero-order valence-corrected chi connectivity index (χ0v) is 18.1. The van der Waals surface area contributed by atoms with Gasteiger partial charge in [-0.05, 0) is 43.5 Å². The van der Waals surface area contributed by atoms with Crippen LogP contribution in [0.3, 0.4) is 0 Å². The summed E-state index contributed by atoms with van der Waals surface area (Å²) in [6, 6.07) is 12.4. The van der Waals surface area contributed by atoms with E-state index in [2.05, 4.69) is 10.2 Å². The van der Waals surface area contributed by atoms with Crippen molar-refractivity contribution in [2.45, 2.75) is 29.5 Å². The van der Waals surface area contributed by atoms with Crippen LogP contribution < -0.4 is 10.2 Å². The van der Waals surface area contributed by atoms with E-state index in [1.54, 1.807) is 6.07 Å². The summed E-state index contributed by atoms with van der Waals surface area (Å²) >= 11 is 6.90. The molecule has 3 rings (SSSR count). The molecule has 1 amide bonds. The highest BCUT2D eigenvalue weighted by Gasteiger charge is 2.39. The maximum Gasteiger partial charge on any atom is 0.253 e. The number of benzene rings is 1. The molecule has 1 atom stereocenters. The van der Waals surface area contributed by atoms with Gasteiger partial charge in [-0.3, -0.25) is 4.79 Å². The number of hydrogen-bond donors (Lipinski definition) is 1. The summed E-state index contributed by atoms with van der Waals surface area (Å²) in [5, 5.41) is 2.90. The number of hydrogen-bond acceptors (Lipinski definition) is 5. The predicted molar refractivity (Wildman–Crippen MR) is 114 cm³/mol. The molecule has 1 unspecified atom stereocenters. The second-order valence-electron chi connectivity index (χ2n) is 6.73. The summed E-state index contributed by atoms with van der Waals surface area (Å²) in [6.07, 6.45) is 1.98. The SMILES string of the molecule is CN(CCCNC(=O)C1CCCN1S(=O)(=O)c1ccc(Cl)s1)c1ccccc1. The van der Waals surface area contributed by atoms with E-state index in [4.69, 9.17) is 11.6 Å². The van der Waals surface area contributed by atoms with Crippen LogP contribution in [-0.2, 0) is 14.8 Å². The fourth-order valence-electron chi connectivity index (χ4n) is 3.30. The summed E-state index contributed by atoms with van der Waals surface area (Å²) in [6.45, 7) is 1.66. The van der Waals surface area contributed by atoms with E-state index in [0.717, 1.165) is 30.0 Å². The number of nitrogens with one attached hydrogen (secondary N) is 1. The Balaban J connectivity index is 1.52. The Morgan fingerprint density at radius 1 is 1.29 bits per heavy atom. The minimum atomic E-state index is -3.69. The molecule has 1 aliphatic rings. The lowest BCUT2D eigenvalue weighted by atomic mass is 10.2. The summed E-state index contributed by atoms with van der Waals surface area (Å²) in [5.41, 5.74) is 1.12. The minimum absolute atomic E-state index is 0.182. The standard InChI is InChI=1S/C19H24ClN3O3S2/c1-22(15-7-3-2-4-8-15)13-6-12-21-19(24)16-9-5-14-23(16)28(25,26)18-11-10-17(20)27-18/h2-4,7-8,10-11,16H,5-6,9,12-14H2,1H3,(H,21,24). The van der Waals surface area contributed by atoms with Crippen molar-refractivity contribution in [1.82, 2.24) is 9.62 Å². The first kappa shape index (κ1) is 21.1. The first-order valence-electron chi connectivity index (χ1n) is 9.20. The molecule has 9 heteroatoms. The lowest BCUT2D eigenvalue weighted by Gasteiger charge is -2.23. The molecule has 0 spiro atoms. The third kappa shape index (κ3) is 4.86. The van der Waals surface area contributed by atoms with Gasteiger partial charge in [0, 0.05) is 32.4 Å². The third-order valence-corrected chi connectivity index (χ3v) is 8.39. The topological polar surface area (TPSA) is 69.7 Å². The highest BCUT2D eigenvalue weighted by molar-refractivity contribution is 7.91. The monoisotopic (exact) mass is 441 g/mol. The number of halogens is 1. The van der Waals surface area contributed by atoms with Crippen molar-refractivity contribution in [3.63, 3.8) is 0 Å². The highest BCUT2D eigenvalue weighted by atomic mass is 35.5. The van der Waals surface area contributed by atoms with Crippen LogP contribution in [0.2, 0.25) is 4.34 Å². The molecule has 1 N–H and O–H groups in total. The van der Waals surface area contributed by atoms with Gasteiger partial charge < -0.3 is 10.2 Å². The molecule has 28 heavy (non-hydrogen) atoms. The molecule has 0 aliphatic carbocycles. The van der Waals surface area contributed by atoms with Crippen LogP contribution in [0.5, 0.6) is 0 Å². The van der Waals surface area contributed by atoms with Gasteiger partial charge >= 0.3 is 0 Å². The fourth-order valence-corrected chi connectivity index (χ4v) is 6.57. The van der Waals surface area contributed by atoms with Crippen molar-refractivity contribution >= 4 is 44.6 Å². The van der Waals surface area contributed by atoms with Crippen molar-refractivity contribution in [2.24, 2.45) is 0 Å². The van der Waals surface area contributed by atoms with E-state index < -0.39 is 16.1 Å². The number of thiophene rings is 1. The van der Waals surface area contributed by atoms with E-state index in [1.165, 1.54) is 10.4 Å². The van der Waals surface area contributed by atoms with Crippen LogP contribution in [0.25, 0.3) is 0 Å². The Bertz CT molecular complexity index is 902. The zero-order valence-electron chi connectivity index (χ0n) is 15.7. The average Bonchev–Trinajstić information content (AvgIpc) is 3.35. The van der Waals surface area contributed by atoms with Crippen molar-refractivity contribution in [3.05, 3.63) is 46.8 Å². The summed E-state index contributed by atoms with van der Waals surface area (Å²) in [4.78, 5) is 14.7. The molecule has 1 aromatic carbocycles. The fraction of sp³-hybridized carbons (Fsp3) is 0.421. The first-order chi connectivity index (χ1) is 13.4. The molecule has 2 aromatic rings. The average molecular weight is 442 g/mol. The normalized spacial score (nSPS) is 17.6. The molecule has 0 bridgehead atoms. The number of nitrogens with zero attached hydrogens (tertiary/aromatic N) is 2. The van der Waals surface area contributed by atoms with Gasteiger partial charge in [0.2, 0.25) is 5.91 Å². The predicted octanol–water partition coefficient (Wildman–Crippen LogP) is 3.20. The maximum absolute atomic E-state index is 12.8. The van der Waals surface area contributed by atoms with Crippen LogP contribution >= 0.6 is 22.9 Å².